The maximum atomic E-state index is 14.2. The van der Waals surface area contributed by atoms with Gasteiger partial charge in [0.2, 0.25) is 9.84 Å². The van der Waals surface area contributed by atoms with Crippen LogP contribution in [0.5, 0.6) is 0 Å². The lowest BCUT2D eigenvalue weighted by atomic mass is 10.0. The number of hydrogen-bond acceptors (Lipinski definition) is 3. The molecule has 0 fully saturated rings. The first-order valence-electron chi connectivity index (χ1n) is 8.42. The van der Waals surface area contributed by atoms with Crippen LogP contribution in [0.15, 0.2) is 70.6 Å². The van der Waals surface area contributed by atoms with E-state index in [2.05, 4.69) is 4.98 Å². The van der Waals surface area contributed by atoms with Gasteiger partial charge in [-0.25, -0.2) is 26.0 Å². The van der Waals surface area contributed by atoms with Gasteiger partial charge in [0.25, 0.3) is 0 Å². The number of rotatable bonds is 3. The van der Waals surface area contributed by atoms with Gasteiger partial charge in [-0.05, 0) is 48.0 Å². The van der Waals surface area contributed by atoms with Gasteiger partial charge in [-0.3, -0.25) is 4.98 Å². The van der Waals surface area contributed by atoms with E-state index in [1.807, 2.05) is 0 Å². The Bertz CT molecular complexity index is 1420. The number of benzene rings is 3. The van der Waals surface area contributed by atoms with Crippen molar-refractivity contribution in [3.8, 4) is 11.1 Å². The third-order valence-corrected chi connectivity index (χ3v) is 6.53. The monoisotopic (exact) mass is 451 g/mol. The predicted octanol–water partition coefficient (Wildman–Crippen LogP) is 5.94. The molecule has 4 rings (SSSR count). The summed E-state index contributed by atoms with van der Waals surface area (Å²) in [4.78, 5) is 3.08. The summed E-state index contributed by atoms with van der Waals surface area (Å²) in [6.07, 6.45) is 0.993. The van der Waals surface area contributed by atoms with E-state index in [4.69, 9.17) is 11.6 Å². The molecule has 4 aromatic rings. The zero-order valence-corrected chi connectivity index (χ0v) is 16.4. The van der Waals surface area contributed by atoms with Crippen molar-refractivity contribution in [3.63, 3.8) is 0 Å². The third kappa shape index (κ3) is 3.42. The van der Waals surface area contributed by atoms with Crippen molar-refractivity contribution in [2.75, 3.05) is 0 Å². The highest BCUT2D eigenvalue weighted by Crippen LogP contribution is 2.38. The Hall–Kier alpha value is -2.97. The number of fused-ring (bicyclic) bond motifs is 1. The highest BCUT2D eigenvalue weighted by molar-refractivity contribution is 7.91. The number of aromatic nitrogens is 1. The summed E-state index contributed by atoms with van der Waals surface area (Å²) in [5.74, 6) is -4.04. The van der Waals surface area contributed by atoms with Crippen LogP contribution >= 0.6 is 11.6 Å². The number of pyridine rings is 1. The number of halogens is 5. The van der Waals surface area contributed by atoms with E-state index in [-0.39, 0.29) is 27.1 Å². The van der Waals surface area contributed by atoms with Crippen LogP contribution in [0.3, 0.4) is 0 Å². The molecule has 9 heteroatoms. The van der Waals surface area contributed by atoms with Crippen molar-refractivity contribution in [3.05, 3.63) is 89.1 Å². The summed E-state index contributed by atoms with van der Waals surface area (Å²) in [6.45, 7) is 0. The van der Waals surface area contributed by atoms with Crippen molar-refractivity contribution < 1.29 is 26.0 Å². The Kier molecular flexibility index (Phi) is 4.99. The van der Waals surface area contributed by atoms with Crippen molar-refractivity contribution in [2.45, 2.75) is 9.79 Å². The molecule has 0 aliphatic heterocycles. The highest BCUT2D eigenvalue weighted by atomic mass is 35.5. The maximum absolute atomic E-state index is 14.2. The summed E-state index contributed by atoms with van der Waals surface area (Å²) in [5, 5.41) is -0.164. The summed E-state index contributed by atoms with van der Waals surface area (Å²) >= 11 is 5.80. The van der Waals surface area contributed by atoms with Crippen molar-refractivity contribution in [1.82, 2.24) is 4.98 Å². The van der Waals surface area contributed by atoms with E-state index in [0.29, 0.717) is 12.1 Å². The standard InChI is InChI=1S/C21H10ClF4NO2S/c22-15-9-19-14(8-17(15)25)21(11-2-1-3-12(23)6-11)20(10-27-19)30(28,29)13-4-5-16(24)18(26)7-13/h1-10H. The van der Waals surface area contributed by atoms with E-state index in [9.17, 15) is 26.0 Å². The fraction of sp³-hybridized carbons (Fsp3) is 0. The van der Waals surface area contributed by atoms with Gasteiger partial charge in [-0.15, -0.1) is 0 Å². The molecular weight excluding hydrogens is 442 g/mol. The number of nitrogens with zero attached hydrogens (tertiary/aromatic N) is 1. The molecule has 0 spiro atoms. The molecule has 0 radical (unpaired) electrons. The fourth-order valence-corrected chi connectivity index (χ4v) is 4.69. The molecule has 0 saturated carbocycles. The van der Waals surface area contributed by atoms with E-state index in [0.717, 1.165) is 30.5 Å². The molecule has 0 aliphatic rings. The molecule has 0 N–H and O–H groups in total. The average molecular weight is 452 g/mol. The van der Waals surface area contributed by atoms with Crippen molar-refractivity contribution >= 4 is 32.3 Å². The van der Waals surface area contributed by atoms with Gasteiger partial charge in [0.1, 0.15) is 11.6 Å². The molecule has 152 valence electrons. The second-order valence-electron chi connectivity index (χ2n) is 6.37. The molecule has 1 aromatic heterocycles. The first-order valence-corrected chi connectivity index (χ1v) is 10.3. The summed E-state index contributed by atoms with van der Waals surface area (Å²) < 4.78 is 81.5. The smallest absolute Gasteiger partial charge is 0.208 e. The largest absolute Gasteiger partial charge is 0.255 e. The Morgan fingerprint density at radius 1 is 0.833 bits per heavy atom. The molecular formula is C21H10ClF4NO2S. The van der Waals surface area contributed by atoms with Crippen molar-refractivity contribution in [1.29, 1.82) is 0 Å². The Labute approximate surface area is 173 Å². The minimum Gasteiger partial charge on any atom is -0.255 e. The second kappa shape index (κ2) is 7.37. The maximum Gasteiger partial charge on any atom is 0.208 e. The van der Waals surface area contributed by atoms with Gasteiger partial charge < -0.3 is 0 Å². The SMILES string of the molecule is O=S(=O)(c1ccc(F)c(F)c1)c1cnc2cc(Cl)c(F)cc2c1-c1cccc(F)c1. The Morgan fingerprint density at radius 2 is 1.60 bits per heavy atom. The first-order chi connectivity index (χ1) is 14.2. The van der Waals surface area contributed by atoms with E-state index in [1.54, 1.807) is 0 Å². The molecule has 30 heavy (non-hydrogen) atoms. The molecule has 0 aliphatic carbocycles. The van der Waals surface area contributed by atoms with E-state index < -0.39 is 42.9 Å². The molecule has 0 saturated heterocycles. The molecule has 0 amide bonds. The lowest BCUT2D eigenvalue weighted by Gasteiger charge is -2.14. The van der Waals surface area contributed by atoms with Crippen LogP contribution in [0.2, 0.25) is 5.02 Å². The van der Waals surface area contributed by atoms with Crippen LogP contribution < -0.4 is 0 Å². The second-order valence-corrected chi connectivity index (χ2v) is 8.70. The minimum atomic E-state index is -4.43. The van der Waals surface area contributed by atoms with E-state index in [1.165, 1.54) is 18.2 Å². The molecule has 0 atom stereocenters. The normalized spacial score (nSPS) is 11.8. The van der Waals surface area contributed by atoms with Crippen LogP contribution in [-0.2, 0) is 9.84 Å². The molecule has 0 unspecified atom stereocenters. The van der Waals surface area contributed by atoms with Crippen molar-refractivity contribution in [2.24, 2.45) is 0 Å². The zero-order chi connectivity index (χ0) is 21.6. The lowest BCUT2D eigenvalue weighted by Crippen LogP contribution is -2.07. The average Bonchev–Trinajstić information content (AvgIpc) is 2.70. The Balaban J connectivity index is 2.10. The van der Waals surface area contributed by atoms with Crippen LogP contribution in [0.25, 0.3) is 22.0 Å². The molecule has 1 heterocycles. The fourth-order valence-electron chi connectivity index (χ4n) is 3.09. The van der Waals surface area contributed by atoms with Crippen LogP contribution in [-0.4, -0.2) is 13.4 Å². The first kappa shape index (κ1) is 20.3. The van der Waals surface area contributed by atoms with Gasteiger partial charge in [-0.1, -0.05) is 23.7 Å². The van der Waals surface area contributed by atoms with Gasteiger partial charge >= 0.3 is 0 Å². The summed E-state index contributed by atoms with van der Waals surface area (Å²) in [7, 11) is -4.43. The lowest BCUT2D eigenvalue weighted by molar-refractivity contribution is 0.504. The number of hydrogen-bond donors (Lipinski definition) is 0. The van der Waals surface area contributed by atoms with Crippen LogP contribution in [0, 0.1) is 23.3 Å². The summed E-state index contributed by atoms with van der Waals surface area (Å²) in [6, 6.07) is 9.35. The van der Waals surface area contributed by atoms with Gasteiger partial charge in [-0.2, -0.15) is 0 Å². The summed E-state index contributed by atoms with van der Waals surface area (Å²) in [5.41, 5.74) is 0.259. The highest BCUT2D eigenvalue weighted by Gasteiger charge is 2.26. The molecule has 3 aromatic carbocycles. The van der Waals surface area contributed by atoms with Crippen LogP contribution in [0.1, 0.15) is 0 Å². The van der Waals surface area contributed by atoms with Gasteiger partial charge in [0.05, 0.1) is 20.3 Å². The predicted molar refractivity (Wildman–Crippen MR) is 104 cm³/mol. The third-order valence-electron chi connectivity index (χ3n) is 4.48. The minimum absolute atomic E-state index is 0.0419. The topological polar surface area (TPSA) is 47.0 Å². The molecule has 0 bridgehead atoms. The van der Waals surface area contributed by atoms with E-state index >= 15 is 0 Å². The quantitative estimate of drug-likeness (QED) is 0.286. The van der Waals surface area contributed by atoms with Crippen LogP contribution in [0.4, 0.5) is 17.6 Å². The number of sulfone groups is 1. The zero-order valence-electron chi connectivity index (χ0n) is 14.8. The van der Waals surface area contributed by atoms with Gasteiger partial charge in [0.15, 0.2) is 11.6 Å². The Morgan fingerprint density at radius 3 is 2.30 bits per heavy atom. The van der Waals surface area contributed by atoms with Gasteiger partial charge in [0, 0.05) is 17.1 Å². The molecule has 3 nitrogen and oxygen atoms in total.